The van der Waals surface area contributed by atoms with Crippen molar-refractivity contribution in [2.45, 2.75) is 18.3 Å². The molecule has 1 aliphatic heterocycles. The summed E-state index contributed by atoms with van der Waals surface area (Å²) in [4.78, 5) is 2.39. The molecule has 2 aliphatic rings. The number of hydrogen-bond acceptors (Lipinski definition) is 3. The first kappa shape index (κ1) is 6.95. The van der Waals surface area contributed by atoms with E-state index in [4.69, 9.17) is 5.73 Å². The zero-order valence-corrected chi connectivity index (χ0v) is 7.09. The van der Waals surface area contributed by atoms with Gasteiger partial charge in [-0.1, -0.05) is 0 Å². The van der Waals surface area contributed by atoms with Crippen molar-refractivity contribution in [2.24, 2.45) is 17.6 Å². The van der Waals surface area contributed by atoms with E-state index in [0.29, 0.717) is 11.4 Å². The monoisotopic (exact) mass is 158 g/mol. The standard InChI is InChI=1S/C7H14N2S/c1-4(10)9-2-5-6(3-9)7(5)8/h4-7,10H,2-3,8H2,1H3/t4?,5-,6+,7?. The summed E-state index contributed by atoms with van der Waals surface area (Å²) in [5.74, 6) is 1.60. The zero-order chi connectivity index (χ0) is 7.30. The Balaban J connectivity index is 1.89. The van der Waals surface area contributed by atoms with Crippen LogP contribution in [0, 0.1) is 11.8 Å². The third kappa shape index (κ3) is 0.881. The van der Waals surface area contributed by atoms with Gasteiger partial charge in [-0.15, -0.1) is 0 Å². The number of hydrogen-bond donors (Lipinski definition) is 2. The number of fused-ring (bicyclic) bond motifs is 1. The van der Waals surface area contributed by atoms with E-state index in [2.05, 4.69) is 24.5 Å². The molecule has 2 rings (SSSR count). The maximum Gasteiger partial charge on any atom is 0.0499 e. The second-order valence-corrected chi connectivity index (χ2v) is 4.24. The molecule has 1 saturated carbocycles. The highest BCUT2D eigenvalue weighted by Gasteiger charge is 2.53. The summed E-state index contributed by atoms with van der Waals surface area (Å²) >= 11 is 4.37. The van der Waals surface area contributed by atoms with Crippen molar-refractivity contribution in [1.82, 2.24) is 4.90 Å². The van der Waals surface area contributed by atoms with E-state index in [1.807, 2.05) is 0 Å². The molecular formula is C7H14N2S. The van der Waals surface area contributed by atoms with E-state index in [1.165, 1.54) is 13.1 Å². The van der Waals surface area contributed by atoms with Gasteiger partial charge in [-0.25, -0.2) is 0 Å². The minimum atomic E-state index is 0.417. The summed E-state index contributed by atoms with van der Waals surface area (Å²) < 4.78 is 0. The molecule has 10 heavy (non-hydrogen) atoms. The van der Waals surface area contributed by atoms with Crippen molar-refractivity contribution in [2.75, 3.05) is 13.1 Å². The Labute approximate surface area is 67.2 Å². The Kier molecular flexibility index (Phi) is 1.48. The van der Waals surface area contributed by atoms with Gasteiger partial charge in [0.15, 0.2) is 0 Å². The molecule has 3 heteroatoms. The van der Waals surface area contributed by atoms with Crippen LogP contribution in [0.25, 0.3) is 0 Å². The van der Waals surface area contributed by atoms with Gasteiger partial charge in [0.1, 0.15) is 0 Å². The Hall–Kier alpha value is 0.270. The predicted molar refractivity (Wildman–Crippen MR) is 45.0 cm³/mol. The summed E-state index contributed by atoms with van der Waals surface area (Å²) in [6, 6.07) is 0.517. The molecule has 2 fully saturated rings. The first-order chi connectivity index (χ1) is 4.70. The Morgan fingerprint density at radius 2 is 2.00 bits per heavy atom. The predicted octanol–water partition coefficient (Wildman–Crippen LogP) is 0.151. The molecule has 0 aromatic carbocycles. The smallest absolute Gasteiger partial charge is 0.0499 e. The van der Waals surface area contributed by atoms with Gasteiger partial charge in [-0.05, 0) is 18.8 Å². The van der Waals surface area contributed by atoms with Gasteiger partial charge in [0, 0.05) is 24.5 Å². The molecular weight excluding hydrogens is 144 g/mol. The second-order valence-electron chi connectivity index (χ2n) is 3.49. The number of likely N-dealkylation sites (tertiary alicyclic amines) is 1. The normalized spacial score (nSPS) is 48.9. The van der Waals surface area contributed by atoms with Crippen LogP contribution in [0.4, 0.5) is 0 Å². The van der Waals surface area contributed by atoms with Crippen LogP contribution in [0.1, 0.15) is 6.92 Å². The van der Waals surface area contributed by atoms with E-state index in [-0.39, 0.29) is 0 Å². The Bertz CT molecular complexity index is 137. The first-order valence-electron chi connectivity index (χ1n) is 3.88. The lowest BCUT2D eigenvalue weighted by molar-refractivity contribution is 0.293. The summed E-state index contributed by atoms with van der Waals surface area (Å²) in [5.41, 5.74) is 5.78. The topological polar surface area (TPSA) is 29.3 Å². The highest BCUT2D eigenvalue weighted by atomic mass is 32.1. The fraction of sp³-hybridized carbons (Fsp3) is 1.00. The fourth-order valence-corrected chi connectivity index (χ4v) is 2.10. The summed E-state index contributed by atoms with van der Waals surface area (Å²) in [7, 11) is 0. The van der Waals surface area contributed by atoms with Crippen molar-refractivity contribution in [3.63, 3.8) is 0 Å². The highest BCUT2D eigenvalue weighted by molar-refractivity contribution is 7.80. The van der Waals surface area contributed by atoms with Gasteiger partial charge in [0.25, 0.3) is 0 Å². The molecule has 0 amide bonds. The highest BCUT2D eigenvalue weighted by Crippen LogP contribution is 2.44. The number of piperidine rings is 1. The first-order valence-corrected chi connectivity index (χ1v) is 4.39. The van der Waals surface area contributed by atoms with Crippen LogP contribution >= 0.6 is 12.6 Å². The molecule has 0 bridgehead atoms. The van der Waals surface area contributed by atoms with Gasteiger partial charge in [0.2, 0.25) is 0 Å². The third-order valence-electron chi connectivity index (χ3n) is 2.82. The molecule has 1 aliphatic carbocycles. The minimum Gasteiger partial charge on any atom is -0.327 e. The summed E-state index contributed by atoms with van der Waals surface area (Å²) in [6.07, 6.45) is 0. The number of thiol groups is 1. The second kappa shape index (κ2) is 2.13. The van der Waals surface area contributed by atoms with Gasteiger partial charge in [0.05, 0.1) is 0 Å². The van der Waals surface area contributed by atoms with E-state index in [9.17, 15) is 0 Å². The third-order valence-corrected chi connectivity index (χ3v) is 3.14. The lowest BCUT2D eigenvalue weighted by Crippen LogP contribution is -2.32. The van der Waals surface area contributed by atoms with Crippen molar-refractivity contribution >= 4 is 12.6 Å². The van der Waals surface area contributed by atoms with E-state index in [1.54, 1.807) is 0 Å². The van der Waals surface area contributed by atoms with Crippen LogP contribution in [0.15, 0.2) is 0 Å². The number of nitrogens with zero attached hydrogens (tertiary/aromatic N) is 1. The van der Waals surface area contributed by atoms with E-state index in [0.717, 1.165) is 11.8 Å². The molecule has 0 aromatic heterocycles. The van der Waals surface area contributed by atoms with Crippen LogP contribution in [0.3, 0.4) is 0 Å². The number of rotatable bonds is 1. The van der Waals surface area contributed by atoms with Crippen molar-refractivity contribution in [3.05, 3.63) is 0 Å². The van der Waals surface area contributed by atoms with Crippen LogP contribution < -0.4 is 5.73 Å². The zero-order valence-electron chi connectivity index (χ0n) is 6.20. The van der Waals surface area contributed by atoms with Crippen LogP contribution in [0.5, 0.6) is 0 Å². The average molecular weight is 158 g/mol. The van der Waals surface area contributed by atoms with Crippen molar-refractivity contribution in [1.29, 1.82) is 0 Å². The van der Waals surface area contributed by atoms with Gasteiger partial charge in [-0.3, -0.25) is 4.90 Å². The molecule has 2 N–H and O–H groups in total. The lowest BCUT2D eigenvalue weighted by Gasteiger charge is -2.21. The van der Waals surface area contributed by atoms with Crippen LogP contribution in [-0.4, -0.2) is 29.4 Å². The SMILES string of the molecule is CC(S)N1C[C@@H]2C(N)[C@@H]2C1. The summed E-state index contributed by atoms with van der Waals surface area (Å²) in [6.45, 7) is 4.48. The largest absolute Gasteiger partial charge is 0.327 e. The van der Waals surface area contributed by atoms with E-state index < -0.39 is 0 Å². The minimum absolute atomic E-state index is 0.417. The van der Waals surface area contributed by atoms with Crippen LogP contribution in [0.2, 0.25) is 0 Å². The van der Waals surface area contributed by atoms with E-state index >= 15 is 0 Å². The van der Waals surface area contributed by atoms with Gasteiger partial charge >= 0.3 is 0 Å². The molecule has 1 saturated heterocycles. The lowest BCUT2D eigenvalue weighted by atomic mass is 10.4. The Morgan fingerprint density at radius 3 is 2.40 bits per heavy atom. The molecule has 2 unspecified atom stereocenters. The number of nitrogens with two attached hydrogens (primary N) is 1. The quantitative estimate of drug-likeness (QED) is 0.532. The maximum atomic E-state index is 5.78. The fourth-order valence-electron chi connectivity index (χ4n) is 1.91. The summed E-state index contributed by atoms with van der Waals surface area (Å²) in [5, 5.41) is 0.417. The van der Waals surface area contributed by atoms with Gasteiger partial charge in [-0.2, -0.15) is 12.6 Å². The maximum absolute atomic E-state index is 5.78. The molecule has 1 heterocycles. The molecule has 0 aromatic rings. The Morgan fingerprint density at radius 1 is 1.50 bits per heavy atom. The van der Waals surface area contributed by atoms with Crippen molar-refractivity contribution < 1.29 is 0 Å². The van der Waals surface area contributed by atoms with Crippen LogP contribution in [-0.2, 0) is 0 Å². The average Bonchev–Trinajstić information content (AvgIpc) is 2.38. The molecule has 4 atom stereocenters. The molecule has 0 radical (unpaired) electrons. The molecule has 0 spiro atoms. The molecule has 58 valence electrons. The molecule has 2 nitrogen and oxygen atoms in total. The van der Waals surface area contributed by atoms with Gasteiger partial charge < -0.3 is 5.73 Å². The van der Waals surface area contributed by atoms with Crippen molar-refractivity contribution in [3.8, 4) is 0 Å².